The van der Waals surface area contributed by atoms with Crippen molar-refractivity contribution in [1.29, 1.82) is 5.26 Å². The number of nitrogens with one attached hydrogen (secondary N) is 1. The Morgan fingerprint density at radius 1 is 1.46 bits per heavy atom. The molecule has 152 valence electrons. The van der Waals surface area contributed by atoms with Crippen molar-refractivity contribution < 1.29 is 17.9 Å². The molecule has 1 aromatic heterocycles. The lowest BCUT2D eigenvalue weighted by molar-refractivity contribution is -0.131. The van der Waals surface area contributed by atoms with Gasteiger partial charge in [0.05, 0.1) is 34.0 Å². The summed E-state index contributed by atoms with van der Waals surface area (Å²) in [7, 11) is -3.13. The first-order valence-corrected chi connectivity index (χ1v) is 12.0. The van der Waals surface area contributed by atoms with Crippen molar-refractivity contribution >= 4 is 27.5 Å². The van der Waals surface area contributed by atoms with E-state index in [1.54, 1.807) is 11.8 Å². The Balaban J connectivity index is 1.74. The van der Waals surface area contributed by atoms with Gasteiger partial charge in [-0.05, 0) is 31.7 Å². The van der Waals surface area contributed by atoms with Gasteiger partial charge in [-0.2, -0.15) is 5.26 Å². The van der Waals surface area contributed by atoms with Crippen LogP contribution in [0.2, 0.25) is 0 Å². The number of ether oxygens (including phenoxy) is 1. The van der Waals surface area contributed by atoms with Crippen LogP contribution in [0.1, 0.15) is 30.4 Å². The number of hydrogen-bond donors (Lipinski definition) is 1. The van der Waals surface area contributed by atoms with Gasteiger partial charge in [0, 0.05) is 25.3 Å². The molecule has 1 amide bonds. The molecule has 0 aliphatic carbocycles. The molecule has 2 atom stereocenters. The average Bonchev–Trinajstić information content (AvgIpc) is 3.26. The molecule has 0 radical (unpaired) electrons. The number of sulfone groups is 1. The van der Waals surface area contributed by atoms with E-state index in [0.29, 0.717) is 35.7 Å². The van der Waals surface area contributed by atoms with Gasteiger partial charge in [-0.15, -0.1) is 0 Å². The minimum Gasteiger partial charge on any atom is -0.376 e. The molecule has 3 heterocycles. The fourth-order valence-electron chi connectivity index (χ4n) is 3.61. The van der Waals surface area contributed by atoms with Crippen LogP contribution < -0.4 is 5.56 Å². The summed E-state index contributed by atoms with van der Waals surface area (Å²) in [5.41, 5.74) is 0.565. The van der Waals surface area contributed by atoms with Gasteiger partial charge in [-0.3, -0.25) is 9.59 Å². The van der Waals surface area contributed by atoms with Crippen LogP contribution in [0, 0.1) is 18.3 Å². The summed E-state index contributed by atoms with van der Waals surface area (Å²) < 4.78 is 29.4. The fraction of sp³-hybridized carbons (Fsp3) is 0.611. The van der Waals surface area contributed by atoms with Crippen molar-refractivity contribution in [3.8, 4) is 6.07 Å². The standard InChI is InChI=1S/C18H23N3O5S2/c1-12-7-16(22)20-18(15(12)8-19)27-10-17(23)21(9-14-3-2-5-26-14)13-4-6-28(24,25)11-13/h7,13-14H,2-6,9-11H2,1H3,(H,20,22)/t13-,14+/m0/s1. The molecule has 8 nitrogen and oxygen atoms in total. The maximum Gasteiger partial charge on any atom is 0.249 e. The van der Waals surface area contributed by atoms with Crippen LogP contribution >= 0.6 is 11.8 Å². The lowest BCUT2D eigenvalue weighted by Gasteiger charge is -2.30. The number of pyridine rings is 1. The average molecular weight is 426 g/mol. The van der Waals surface area contributed by atoms with Crippen molar-refractivity contribution in [2.45, 2.75) is 43.4 Å². The maximum absolute atomic E-state index is 13.0. The number of aryl methyl sites for hydroxylation is 1. The van der Waals surface area contributed by atoms with E-state index >= 15 is 0 Å². The van der Waals surface area contributed by atoms with E-state index in [-0.39, 0.29) is 40.9 Å². The van der Waals surface area contributed by atoms with Gasteiger partial charge in [0.2, 0.25) is 11.5 Å². The summed E-state index contributed by atoms with van der Waals surface area (Å²) in [5.74, 6) is -0.143. The lowest BCUT2D eigenvalue weighted by atomic mass is 10.1. The van der Waals surface area contributed by atoms with Gasteiger partial charge in [-0.25, -0.2) is 8.42 Å². The largest absolute Gasteiger partial charge is 0.376 e. The molecule has 3 rings (SSSR count). The third kappa shape index (κ3) is 4.96. The number of aromatic amines is 1. The number of carbonyl (C=O) groups is 1. The zero-order chi connectivity index (χ0) is 20.3. The molecule has 2 aliphatic rings. The zero-order valence-corrected chi connectivity index (χ0v) is 17.3. The molecule has 1 N–H and O–H groups in total. The molecule has 1 aromatic rings. The monoisotopic (exact) mass is 425 g/mol. The summed E-state index contributed by atoms with van der Waals surface area (Å²) in [5, 5.41) is 9.68. The molecule has 2 fully saturated rings. The van der Waals surface area contributed by atoms with Crippen LogP contribution in [-0.4, -0.2) is 66.8 Å². The van der Waals surface area contributed by atoms with E-state index in [2.05, 4.69) is 11.1 Å². The number of carbonyl (C=O) groups excluding carboxylic acids is 1. The highest BCUT2D eigenvalue weighted by Crippen LogP contribution is 2.25. The summed E-state index contributed by atoms with van der Waals surface area (Å²) in [6.07, 6.45) is 2.13. The second kappa shape index (κ2) is 8.68. The number of nitrogens with zero attached hydrogens (tertiary/aromatic N) is 2. The molecule has 0 aromatic carbocycles. The minimum absolute atomic E-state index is 0.0113. The third-order valence-corrected chi connectivity index (χ3v) is 7.79. The quantitative estimate of drug-likeness (QED) is 0.671. The Labute approximate surface area is 168 Å². The van der Waals surface area contributed by atoms with E-state index in [1.165, 1.54) is 6.07 Å². The van der Waals surface area contributed by atoms with E-state index in [9.17, 15) is 23.3 Å². The van der Waals surface area contributed by atoms with Crippen LogP contribution in [0.3, 0.4) is 0 Å². The predicted molar refractivity (Wildman–Crippen MR) is 105 cm³/mol. The molecule has 10 heteroatoms. The number of hydrogen-bond acceptors (Lipinski definition) is 7. The first-order chi connectivity index (χ1) is 13.3. The summed E-state index contributed by atoms with van der Waals surface area (Å²) >= 11 is 1.09. The number of nitriles is 1. The number of thioether (sulfide) groups is 1. The molecule has 0 saturated carbocycles. The Morgan fingerprint density at radius 3 is 2.86 bits per heavy atom. The SMILES string of the molecule is Cc1cc(=O)[nH]c(SCC(=O)N(C[C@H]2CCCO2)[C@H]2CCS(=O)(=O)C2)c1C#N. The predicted octanol–water partition coefficient (Wildman–Crippen LogP) is 0.842. The molecular weight excluding hydrogens is 402 g/mol. The number of amides is 1. The smallest absolute Gasteiger partial charge is 0.249 e. The Kier molecular flexibility index (Phi) is 6.47. The highest BCUT2D eigenvalue weighted by Gasteiger charge is 2.36. The zero-order valence-electron chi connectivity index (χ0n) is 15.6. The summed E-state index contributed by atoms with van der Waals surface area (Å²) in [4.78, 5) is 28.9. The van der Waals surface area contributed by atoms with Gasteiger partial charge >= 0.3 is 0 Å². The van der Waals surface area contributed by atoms with E-state index in [1.807, 2.05) is 0 Å². The molecule has 0 bridgehead atoms. The lowest BCUT2D eigenvalue weighted by Crippen LogP contribution is -2.46. The summed E-state index contributed by atoms with van der Waals surface area (Å²) in [6.45, 7) is 2.70. The molecule has 2 saturated heterocycles. The molecule has 28 heavy (non-hydrogen) atoms. The van der Waals surface area contributed by atoms with Crippen LogP contribution in [-0.2, 0) is 19.4 Å². The Morgan fingerprint density at radius 2 is 2.25 bits per heavy atom. The highest BCUT2D eigenvalue weighted by atomic mass is 32.2. The van der Waals surface area contributed by atoms with Gasteiger partial charge in [-0.1, -0.05) is 11.8 Å². The van der Waals surface area contributed by atoms with Crippen molar-refractivity contribution in [1.82, 2.24) is 9.88 Å². The van der Waals surface area contributed by atoms with Crippen LogP contribution in [0.5, 0.6) is 0 Å². The topological polar surface area (TPSA) is 120 Å². The van der Waals surface area contributed by atoms with Crippen LogP contribution in [0.25, 0.3) is 0 Å². The number of rotatable bonds is 6. The maximum atomic E-state index is 13.0. The molecule has 0 spiro atoms. The minimum atomic E-state index is -3.13. The first-order valence-electron chi connectivity index (χ1n) is 9.17. The van der Waals surface area contributed by atoms with E-state index in [0.717, 1.165) is 24.6 Å². The van der Waals surface area contributed by atoms with Gasteiger partial charge in [0.15, 0.2) is 9.84 Å². The fourth-order valence-corrected chi connectivity index (χ4v) is 6.29. The van der Waals surface area contributed by atoms with Gasteiger partial charge < -0.3 is 14.6 Å². The first kappa shape index (κ1) is 20.9. The second-order valence-electron chi connectivity index (χ2n) is 7.16. The second-order valence-corrected chi connectivity index (χ2v) is 10.4. The Bertz CT molecular complexity index is 945. The highest BCUT2D eigenvalue weighted by molar-refractivity contribution is 8.00. The van der Waals surface area contributed by atoms with Gasteiger partial charge in [0.25, 0.3) is 0 Å². The van der Waals surface area contributed by atoms with E-state index < -0.39 is 9.84 Å². The van der Waals surface area contributed by atoms with Crippen LogP contribution in [0.15, 0.2) is 15.9 Å². The van der Waals surface area contributed by atoms with Crippen molar-refractivity contribution in [2.24, 2.45) is 0 Å². The molecular formula is C18H23N3O5S2. The molecule has 2 aliphatic heterocycles. The molecule has 0 unspecified atom stereocenters. The summed E-state index contributed by atoms with van der Waals surface area (Å²) in [6, 6.07) is 3.05. The van der Waals surface area contributed by atoms with Gasteiger partial charge in [0.1, 0.15) is 6.07 Å². The van der Waals surface area contributed by atoms with Crippen LogP contribution in [0.4, 0.5) is 0 Å². The number of aromatic nitrogens is 1. The van der Waals surface area contributed by atoms with Crippen molar-refractivity contribution in [3.63, 3.8) is 0 Å². The third-order valence-electron chi connectivity index (χ3n) is 5.05. The van der Waals surface area contributed by atoms with Crippen molar-refractivity contribution in [2.75, 3.05) is 30.4 Å². The Hall–Kier alpha value is -1.83. The normalized spacial score (nSPS) is 23.4. The van der Waals surface area contributed by atoms with E-state index in [4.69, 9.17) is 4.74 Å². The number of H-pyrrole nitrogens is 1. The van der Waals surface area contributed by atoms with Crippen molar-refractivity contribution in [3.05, 3.63) is 27.5 Å².